The van der Waals surface area contributed by atoms with Crippen molar-refractivity contribution in [1.82, 2.24) is 0 Å². The van der Waals surface area contributed by atoms with Crippen molar-refractivity contribution in [3.63, 3.8) is 0 Å². The zero-order valence-electron chi connectivity index (χ0n) is 24.9. The fourth-order valence-electron chi connectivity index (χ4n) is 4.22. The van der Waals surface area contributed by atoms with Crippen molar-refractivity contribution in [3.05, 3.63) is 51.9 Å². The molecule has 2 rings (SSSR count). The molecule has 0 saturated heterocycles. The lowest BCUT2D eigenvalue weighted by atomic mass is 10.1. The minimum Gasteiger partial charge on any atom is -0.489 e. The van der Waals surface area contributed by atoms with Gasteiger partial charge in [-0.05, 0) is 79.0 Å². The normalized spacial score (nSPS) is 12.0. The van der Waals surface area contributed by atoms with Crippen LogP contribution in [-0.4, -0.2) is 18.8 Å². The third-order valence-corrected chi connectivity index (χ3v) is 6.22. The molecule has 1 aromatic heterocycles. The van der Waals surface area contributed by atoms with Crippen LogP contribution in [0.3, 0.4) is 0 Å². The molecule has 0 fully saturated rings. The SMILES string of the molecule is CCCCCCCCCCOc1c(OCC=C(C)CCC=C(C)C)c(=O)oc2cccc(OC(C)(C)C)c12. The molecular weight excluding hydrogens is 476 g/mol. The summed E-state index contributed by atoms with van der Waals surface area (Å²) < 4.78 is 24.2. The van der Waals surface area contributed by atoms with E-state index in [1.165, 1.54) is 49.7 Å². The summed E-state index contributed by atoms with van der Waals surface area (Å²) in [4.78, 5) is 13.0. The number of rotatable bonds is 17. The zero-order chi connectivity index (χ0) is 28.0. The quantitative estimate of drug-likeness (QED) is 0.117. The summed E-state index contributed by atoms with van der Waals surface area (Å²) in [6.45, 7) is 15.3. The minimum absolute atomic E-state index is 0.107. The van der Waals surface area contributed by atoms with Crippen molar-refractivity contribution in [1.29, 1.82) is 0 Å². The molecule has 0 bridgehead atoms. The molecule has 0 atom stereocenters. The standard InChI is InChI=1S/C33H50O5/c1-8-9-10-11-12-13-14-15-23-35-30-29-27(20-17-21-28(29)38-33(5,6)7)37-32(34)31(30)36-24-22-26(4)19-16-18-25(2)3/h17-18,20-22H,8-16,19,23-24H2,1-7H3. The van der Waals surface area contributed by atoms with Crippen LogP contribution < -0.4 is 19.8 Å². The Morgan fingerprint density at radius 2 is 1.58 bits per heavy atom. The molecule has 1 heterocycles. The van der Waals surface area contributed by atoms with Crippen LogP contribution in [0.1, 0.15) is 113 Å². The van der Waals surface area contributed by atoms with E-state index in [2.05, 4.69) is 33.8 Å². The number of unbranched alkanes of at least 4 members (excludes halogenated alkanes) is 7. The first-order chi connectivity index (χ1) is 18.1. The summed E-state index contributed by atoms with van der Waals surface area (Å²) in [7, 11) is 0. The molecule has 2 aromatic rings. The summed E-state index contributed by atoms with van der Waals surface area (Å²) >= 11 is 0. The molecule has 0 aliphatic heterocycles. The van der Waals surface area contributed by atoms with E-state index in [0.29, 0.717) is 29.1 Å². The highest BCUT2D eigenvalue weighted by Crippen LogP contribution is 2.40. The maximum atomic E-state index is 13.0. The molecule has 1 aromatic carbocycles. The summed E-state index contributed by atoms with van der Waals surface area (Å²) in [6, 6.07) is 5.48. The van der Waals surface area contributed by atoms with Crippen molar-refractivity contribution in [2.45, 2.75) is 118 Å². The van der Waals surface area contributed by atoms with Crippen molar-refractivity contribution in [3.8, 4) is 17.2 Å². The first kappa shape index (κ1) is 31.5. The number of ether oxygens (including phenoxy) is 3. The largest absolute Gasteiger partial charge is 0.489 e. The van der Waals surface area contributed by atoms with Gasteiger partial charge in [0.15, 0.2) is 5.75 Å². The van der Waals surface area contributed by atoms with Crippen LogP contribution in [0.25, 0.3) is 11.0 Å². The van der Waals surface area contributed by atoms with Gasteiger partial charge in [-0.25, -0.2) is 4.79 Å². The first-order valence-corrected chi connectivity index (χ1v) is 14.5. The molecule has 212 valence electrons. The Kier molecular flexibility index (Phi) is 13.5. The zero-order valence-corrected chi connectivity index (χ0v) is 24.9. The average molecular weight is 527 g/mol. The van der Waals surface area contributed by atoms with Gasteiger partial charge in [0.2, 0.25) is 5.75 Å². The fourth-order valence-corrected chi connectivity index (χ4v) is 4.22. The van der Waals surface area contributed by atoms with Gasteiger partial charge in [0.05, 0.1) is 6.61 Å². The second kappa shape index (κ2) is 16.3. The second-order valence-corrected chi connectivity index (χ2v) is 11.4. The van der Waals surface area contributed by atoms with Gasteiger partial charge in [0, 0.05) is 0 Å². The average Bonchev–Trinajstić information content (AvgIpc) is 2.83. The number of benzene rings is 1. The molecular formula is C33H50O5. The van der Waals surface area contributed by atoms with Gasteiger partial charge in [-0.2, -0.15) is 0 Å². The molecule has 38 heavy (non-hydrogen) atoms. The smallest absolute Gasteiger partial charge is 0.383 e. The third kappa shape index (κ3) is 11.4. The lowest BCUT2D eigenvalue weighted by Crippen LogP contribution is -2.23. The van der Waals surface area contributed by atoms with Crippen molar-refractivity contribution in [2.24, 2.45) is 0 Å². The van der Waals surface area contributed by atoms with Gasteiger partial charge in [-0.15, -0.1) is 0 Å². The number of allylic oxidation sites excluding steroid dienone is 3. The van der Waals surface area contributed by atoms with Gasteiger partial charge in [0.25, 0.3) is 0 Å². The van der Waals surface area contributed by atoms with E-state index in [1.54, 1.807) is 6.07 Å². The topological polar surface area (TPSA) is 57.9 Å². The van der Waals surface area contributed by atoms with E-state index in [9.17, 15) is 4.79 Å². The van der Waals surface area contributed by atoms with Crippen molar-refractivity contribution < 1.29 is 18.6 Å². The van der Waals surface area contributed by atoms with Gasteiger partial charge in [0.1, 0.15) is 28.9 Å². The highest BCUT2D eigenvalue weighted by atomic mass is 16.5. The van der Waals surface area contributed by atoms with Crippen molar-refractivity contribution >= 4 is 11.0 Å². The van der Waals surface area contributed by atoms with E-state index >= 15 is 0 Å². The Balaban J connectivity index is 2.23. The first-order valence-electron chi connectivity index (χ1n) is 14.5. The van der Waals surface area contributed by atoms with Crippen LogP contribution in [0, 0.1) is 0 Å². The summed E-state index contributed by atoms with van der Waals surface area (Å²) in [5.74, 6) is 1.13. The van der Waals surface area contributed by atoms with E-state index in [0.717, 1.165) is 25.7 Å². The summed E-state index contributed by atoms with van der Waals surface area (Å²) in [5, 5.41) is 0.640. The number of hydrogen-bond donors (Lipinski definition) is 0. The molecule has 0 unspecified atom stereocenters. The fraction of sp³-hybridized carbons (Fsp3) is 0.606. The molecule has 0 radical (unpaired) electrons. The van der Waals surface area contributed by atoms with Crippen molar-refractivity contribution in [2.75, 3.05) is 13.2 Å². The molecule has 5 nitrogen and oxygen atoms in total. The molecule has 0 N–H and O–H groups in total. The van der Waals surface area contributed by atoms with Crippen LogP contribution in [-0.2, 0) is 0 Å². The minimum atomic E-state index is -0.535. The molecule has 0 aliphatic carbocycles. The number of fused-ring (bicyclic) bond motifs is 1. The van der Waals surface area contributed by atoms with Crippen LogP contribution in [0.4, 0.5) is 0 Å². The van der Waals surface area contributed by atoms with Gasteiger partial charge >= 0.3 is 5.63 Å². The molecule has 5 heteroatoms. The van der Waals surface area contributed by atoms with Crippen LogP contribution in [0.15, 0.2) is 50.7 Å². The maximum absolute atomic E-state index is 13.0. The Bertz CT molecular complexity index is 1100. The molecule has 0 aliphatic rings. The third-order valence-electron chi connectivity index (χ3n) is 6.22. The van der Waals surface area contributed by atoms with Gasteiger partial charge in [-0.3, -0.25) is 0 Å². The van der Waals surface area contributed by atoms with E-state index in [1.807, 2.05) is 39.0 Å². The molecule has 0 spiro atoms. The highest BCUT2D eigenvalue weighted by molar-refractivity contribution is 5.91. The van der Waals surface area contributed by atoms with Crippen LogP contribution in [0.2, 0.25) is 0 Å². The monoisotopic (exact) mass is 526 g/mol. The molecule has 0 amide bonds. The Morgan fingerprint density at radius 1 is 0.895 bits per heavy atom. The van der Waals surface area contributed by atoms with Gasteiger partial charge in [-0.1, -0.05) is 75.2 Å². The lowest BCUT2D eigenvalue weighted by Gasteiger charge is -2.23. The second-order valence-electron chi connectivity index (χ2n) is 11.4. The Morgan fingerprint density at radius 3 is 2.24 bits per heavy atom. The maximum Gasteiger partial charge on any atom is 0.383 e. The highest BCUT2D eigenvalue weighted by Gasteiger charge is 2.23. The predicted octanol–water partition coefficient (Wildman–Crippen LogP) is 9.56. The summed E-state index contributed by atoms with van der Waals surface area (Å²) in [6.07, 6.45) is 15.9. The number of hydrogen-bond acceptors (Lipinski definition) is 5. The van der Waals surface area contributed by atoms with Gasteiger partial charge < -0.3 is 18.6 Å². The Hall–Kier alpha value is -2.69. The van der Waals surface area contributed by atoms with E-state index in [-0.39, 0.29) is 12.4 Å². The predicted molar refractivity (Wildman–Crippen MR) is 159 cm³/mol. The lowest BCUT2D eigenvalue weighted by molar-refractivity contribution is 0.132. The van der Waals surface area contributed by atoms with Crippen LogP contribution in [0.5, 0.6) is 17.2 Å². The molecule has 0 saturated carbocycles. The summed E-state index contributed by atoms with van der Waals surface area (Å²) in [5.41, 5.74) is 2.00. The van der Waals surface area contributed by atoms with E-state index in [4.69, 9.17) is 18.6 Å². The Labute approximate surface area is 230 Å². The van der Waals surface area contributed by atoms with E-state index < -0.39 is 11.2 Å². The van der Waals surface area contributed by atoms with Crippen LogP contribution >= 0.6 is 0 Å².